The molecule has 0 bridgehead atoms. The number of halogens is 1. The Hall–Kier alpha value is -3.45. The first-order valence-corrected chi connectivity index (χ1v) is 8.75. The number of hydrogen-bond acceptors (Lipinski definition) is 5. The molecule has 2 heterocycles. The van der Waals surface area contributed by atoms with E-state index in [4.69, 9.17) is 16.3 Å². The van der Waals surface area contributed by atoms with Crippen molar-refractivity contribution in [3.8, 4) is 11.6 Å². The predicted molar refractivity (Wildman–Crippen MR) is 107 cm³/mol. The smallest absolute Gasteiger partial charge is 0.296 e. The lowest BCUT2D eigenvalue weighted by molar-refractivity contribution is 0.0996. The van der Waals surface area contributed by atoms with Gasteiger partial charge in [-0.1, -0.05) is 11.6 Å². The van der Waals surface area contributed by atoms with Gasteiger partial charge in [0, 0.05) is 21.5 Å². The van der Waals surface area contributed by atoms with Gasteiger partial charge in [0.2, 0.25) is 5.88 Å². The van der Waals surface area contributed by atoms with Gasteiger partial charge in [-0.2, -0.15) is 0 Å². The zero-order valence-electron chi connectivity index (χ0n) is 15.0. The summed E-state index contributed by atoms with van der Waals surface area (Å²) in [6, 6.07) is 12.0. The number of carbonyl (C=O) groups excluding carboxylic acids is 1. The lowest BCUT2D eigenvalue weighted by Gasteiger charge is -2.06. The maximum absolute atomic E-state index is 12.8. The summed E-state index contributed by atoms with van der Waals surface area (Å²) >= 11 is 6.02. The van der Waals surface area contributed by atoms with Crippen molar-refractivity contribution in [1.82, 2.24) is 9.97 Å². The Morgan fingerprint density at radius 2 is 2.00 bits per heavy atom. The van der Waals surface area contributed by atoms with E-state index in [9.17, 15) is 9.90 Å². The van der Waals surface area contributed by atoms with Crippen LogP contribution in [0.25, 0.3) is 21.8 Å². The Kier molecular flexibility index (Phi) is 4.44. The fraction of sp³-hybridized carbons (Fsp3) is 0.100. The highest BCUT2D eigenvalue weighted by molar-refractivity contribution is 6.31. The highest BCUT2D eigenvalue weighted by Crippen LogP contribution is 2.37. The van der Waals surface area contributed by atoms with E-state index in [1.54, 1.807) is 56.5 Å². The number of aryl methyl sites for hydroxylation is 1. The Morgan fingerprint density at radius 3 is 2.79 bits per heavy atom. The first kappa shape index (κ1) is 17.9. The highest BCUT2D eigenvalue weighted by atomic mass is 35.5. The van der Waals surface area contributed by atoms with Crippen molar-refractivity contribution in [2.45, 2.75) is 6.92 Å². The number of hydrogen-bond donors (Lipinski definition) is 2. The average Bonchev–Trinajstić information content (AvgIpc) is 2.99. The van der Waals surface area contributed by atoms with Crippen LogP contribution in [0.3, 0.4) is 0 Å². The van der Waals surface area contributed by atoms with Crippen LogP contribution in [0, 0.1) is 6.92 Å². The molecule has 0 aliphatic carbocycles. The summed E-state index contributed by atoms with van der Waals surface area (Å²) in [7, 11) is 1.55. The number of fused-ring (bicyclic) bond motifs is 2. The maximum atomic E-state index is 12.8. The molecule has 2 aromatic carbocycles. The van der Waals surface area contributed by atoms with Gasteiger partial charge in [0.1, 0.15) is 5.75 Å². The Balaban J connectivity index is 1.79. The van der Waals surface area contributed by atoms with Crippen LogP contribution in [0.1, 0.15) is 16.1 Å². The summed E-state index contributed by atoms with van der Waals surface area (Å²) < 4.78 is 5.24. The number of methoxy groups -OCH3 is 1. The molecule has 7 nitrogen and oxygen atoms in total. The molecule has 0 spiro atoms. The summed E-state index contributed by atoms with van der Waals surface area (Å²) in [5.74, 6) is -0.140. The van der Waals surface area contributed by atoms with Gasteiger partial charge in [0.25, 0.3) is 5.91 Å². The summed E-state index contributed by atoms with van der Waals surface area (Å²) in [5, 5.41) is 19.6. The van der Waals surface area contributed by atoms with Gasteiger partial charge < -0.3 is 14.8 Å². The Labute approximate surface area is 164 Å². The van der Waals surface area contributed by atoms with Crippen LogP contribution in [-0.4, -0.2) is 28.1 Å². The molecule has 0 atom stereocenters. The lowest BCUT2D eigenvalue weighted by atomic mass is 10.1. The van der Waals surface area contributed by atoms with Gasteiger partial charge in [0.15, 0.2) is 5.69 Å². The van der Waals surface area contributed by atoms with E-state index in [-0.39, 0.29) is 11.6 Å². The third-order valence-electron chi connectivity index (χ3n) is 4.33. The number of ether oxygens (including phenoxy) is 1. The molecule has 4 rings (SSSR count). The molecule has 1 amide bonds. The van der Waals surface area contributed by atoms with Crippen molar-refractivity contribution in [1.29, 1.82) is 0 Å². The zero-order valence-corrected chi connectivity index (χ0v) is 15.8. The van der Waals surface area contributed by atoms with E-state index in [2.05, 4.69) is 20.2 Å². The third-order valence-corrected chi connectivity index (χ3v) is 4.56. The number of rotatable bonds is 3. The van der Waals surface area contributed by atoms with E-state index in [1.807, 2.05) is 0 Å². The van der Waals surface area contributed by atoms with Crippen molar-refractivity contribution >= 4 is 45.0 Å². The number of aromatic hydroxyl groups is 1. The lowest BCUT2D eigenvalue weighted by Crippen LogP contribution is -1.99. The van der Waals surface area contributed by atoms with E-state index < -0.39 is 5.91 Å². The zero-order chi connectivity index (χ0) is 19.8. The van der Waals surface area contributed by atoms with Gasteiger partial charge >= 0.3 is 0 Å². The van der Waals surface area contributed by atoms with Crippen LogP contribution in [0.15, 0.2) is 52.7 Å². The van der Waals surface area contributed by atoms with Crippen LogP contribution >= 0.6 is 11.6 Å². The summed E-state index contributed by atoms with van der Waals surface area (Å²) in [5.41, 5.74) is 2.47. The largest absolute Gasteiger partial charge is 0.497 e. The number of benzene rings is 2. The van der Waals surface area contributed by atoms with Gasteiger partial charge in [-0.25, -0.2) is 0 Å². The van der Waals surface area contributed by atoms with Gasteiger partial charge in [-0.15, -0.1) is 10.2 Å². The molecular formula is C20H15ClN4O3. The molecule has 2 N–H and O–H groups in total. The minimum Gasteiger partial charge on any atom is -0.497 e. The topological polar surface area (TPSA) is 99.9 Å². The number of H-pyrrole nitrogens is 1. The highest BCUT2D eigenvalue weighted by Gasteiger charge is 2.15. The minimum atomic E-state index is -0.556. The normalized spacial score (nSPS) is 11.5. The Morgan fingerprint density at radius 1 is 1.18 bits per heavy atom. The molecule has 0 radical (unpaired) electrons. The van der Waals surface area contributed by atoms with Crippen LogP contribution in [0.5, 0.6) is 11.6 Å². The molecule has 8 heteroatoms. The van der Waals surface area contributed by atoms with Crippen LogP contribution in [0.4, 0.5) is 5.69 Å². The molecule has 0 aliphatic heterocycles. The molecule has 0 unspecified atom stereocenters. The molecule has 0 aliphatic rings. The summed E-state index contributed by atoms with van der Waals surface area (Å²) in [4.78, 5) is 20.0. The van der Waals surface area contributed by atoms with E-state index in [0.29, 0.717) is 43.8 Å². The van der Waals surface area contributed by atoms with E-state index in [1.165, 1.54) is 0 Å². The second-order valence-corrected chi connectivity index (χ2v) is 6.65. The van der Waals surface area contributed by atoms with E-state index >= 15 is 0 Å². The summed E-state index contributed by atoms with van der Waals surface area (Å²) in [6.07, 6.45) is 0. The SMILES string of the molecule is COc1ccc2nc(C)cc(C(=O)N=Nc3c(O)[nH]c4ccc(Cl)cc34)c2c1. The number of azo groups is 1. The number of aromatic amines is 1. The maximum Gasteiger partial charge on any atom is 0.296 e. The number of carbonyl (C=O) groups is 1. The number of nitrogens with zero attached hydrogens (tertiary/aromatic N) is 3. The van der Waals surface area contributed by atoms with Crippen molar-refractivity contribution in [3.63, 3.8) is 0 Å². The molecule has 4 aromatic rings. The second-order valence-electron chi connectivity index (χ2n) is 6.21. The summed E-state index contributed by atoms with van der Waals surface area (Å²) in [6.45, 7) is 1.80. The van der Waals surface area contributed by atoms with Gasteiger partial charge in [-0.3, -0.25) is 9.78 Å². The minimum absolute atomic E-state index is 0.151. The molecule has 140 valence electrons. The molecule has 0 saturated heterocycles. The fourth-order valence-corrected chi connectivity index (χ4v) is 3.20. The van der Waals surface area contributed by atoms with Crippen LogP contribution in [-0.2, 0) is 0 Å². The van der Waals surface area contributed by atoms with E-state index in [0.717, 1.165) is 0 Å². The van der Waals surface area contributed by atoms with Gasteiger partial charge in [-0.05, 0) is 49.4 Å². The first-order valence-electron chi connectivity index (χ1n) is 8.38. The standard InChI is InChI=1S/C20H15ClN4O3/c1-10-7-14(13-9-12(28-2)4-6-16(13)22-10)19(26)25-24-18-15-8-11(21)3-5-17(15)23-20(18)27/h3-9,23,27H,1-2H3. The molecular weight excluding hydrogens is 380 g/mol. The van der Waals surface area contributed by atoms with Crippen LogP contribution in [0.2, 0.25) is 5.02 Å². The monoisotopic (exact) mass is 394 g/mol. The van der Waals surface area contributed by atoms with Crippen molar-refractivity contribution in [2.24, 2.45) is 10.2 Å². The van der Waals surface area contributed by atoms with Crippen LogP contribution < -0.4 is 4.74 Å². The van der Waals surface area contributed by atoms with Crippen molar-refractivity contribution < 1.29 is 14.6 Å². The first-order chi connectivity index (χ1) is 13.5. The molecule has 0 saturated carbocycles. The van der Waals surface area contributed by atoms with Crippen molar-refractivity contribution in [3.05, 3.63) is 58.7 Å². The fourth-order valence-electron chi connectivity index (χ4n) is 3.03. The number of amides is 1. The number of nitrogens with one attached hydrogen (secondary N) is 1. The van der Waals surface area contributed by atoms with Crippen molar-refractivity contribution in [2.75, 3.05) is 7.11 Å². The quantitative estimate of drug-likeness (QED) is 0.459. The molecule has 28 heavy (non-hydrogen) atoms. The van der Waals surface area contributed by atoms with Gasteiger partial charge in [0.05, 0.1) is 23.7 Å². The second kappa shape index (κ2) is 6.94. The molecule has 2 aromatic heterocycles. The molecule has 0 fully saturated rings. The predicted octanol–water partition coefficient (Wildman–Crippen LogP) is 5.32. The number of pyridine rings is 1. The Bertz CT molecular complexity index is 1260. The number of aromatic nitrogens is 2. The average molecular weight is 395 g/mol. The third kappa shape index (κ3) is 3.16.